The Morgan fingerprint density at radius 1 is 1.00 bits per heavy atom. The van der Waals surface area contributed by atoms with E-state index < -0.39 is 29.6 Å². The normalized spacial score (nSPS) is 13.5. The van der Waals surface area contributed by atoms with Crippen molar-refractivity contribution in [3.8, 4) is 0 Å². The van der Waals surface area contributed by atoms with Gasteiger partial charge in [0, 0.05) is 5.92 Å². The van der Waals surface area contributed by atoms with Crippen molar-refractivity contribution >= 4 is 12.1 Å². The summed E-state index contributed by atoms with van der Waals surface area (Å²) in [5.74, 6) is -1.66. The summed E-state index contributed by atoms with van der Waals surface area (Å²) in [5.41, 5.74) is 1.91. The molecule has 0 saturated carbocycles. The van der Waals surface area contributed by atoms with Gasteiger partial charge in [-0.15, -0.1) is 0 Å². The minimum atomic E-state index is -1.16. The lowest BCUT2D eigenvalue weighted by Gasteiger charge is -2.28. The summed E-state index contributed by atoms with van der Waals surface area (Å²) in [6.45, 7) is 7.13. The number of carbonyl (C=O) groups excluding carboxylic acids is 1. The molecular weight excluding hydrogens is 330 g/mol. The second-order valence-corrected chi connectivity index (χ2v) is 7.21. The molecule has 5 heteroatoms. The number of ether oxygens (including phenoxy) is 1. The lowest BCUT2D eigenvalue weighted by Crippen LogP contribution is -2.47. The van der Waals surface area contributed by atoms with Crippen LogP contribution in [-0.2, 0) is 9.53 Å². The van der Waals surface area contributed by atoms with E-state index in [0.717, 1.165) is 16.7 Å². The van der Waals surface area contributed by atoms with Crippen LogP contribution in [0.1, 0.15) is 43.4 Å². The number of rotatable bonds is 5. The third kappa shape index (κ3) is 5.09. The number of carboxylic acid groups (broad SMARTS) is 1. The maximum atomic E-state index is 12.2. The average molecular weight is 355 g/mol. The summed E-state index contributed by atoms with van der Waals surface area (Å²) in [5, 5.41) is 12.4. The van der Waals surface area contributed by atoms with E-state index in [4.69, 9.17) is 4.74 Å². The monoisotopic (exact) mass is 355 g/mol. The lowest BCUT2D eigenvalue weighted by molar-refractivity contribution is -0.139. The van der Waals surface area contributed by atoms with Gasteiger partial charge < -0.3 is 15.2 Å². The highest BCUT2D eigenvalue weighted by Crippen LogP contribution is 2.31. The van der Waals surface area contributed by atoms with E-state index >= 15 is 0 Å². The largest absolute Gasteiger partial charge is 0.480 e. The van der Waals surface area contributed by atoms with Gasteiger partial charge in [-0.1, -0.05) is 54.6 Å². The molecule has 5 nitrogen and oxygen atoms in total. The second-order valence-electron chi connectivity index (χ2n) is 7.21. The van der Waals surface area contributed by atoms with E-state index in [1.54, 1.807) is 20.8 Å². The van der Waals surface area contributed by atoms with Crippen LogP contribution < -0.4 is 5.32 Å². The maximum absolute atomic E-state index is 12.2. The minimum Gasteiger partial charge on any atom is -0.480 e. The van der Waals surface area contributed by atoms with Gasteiger partial charge in [0.05, 0.1) is 0 Å². The molecule has 26 heavy (non-hydrogen) atoms. The fourth-order valence-corrected chi connectivity index (χ4v) is 2.87. The molecule has 2 rings (SSSR count). The third-order valence-corrected chi connectivity index (χ3v) is 3.95. The van der Waals surface area contributed by atoms with E-state index in [1.165, 1.54) is 0 Å². The zero-order chi connectivity index (χ0) is 19.3. The fourth-order valence-electron chi connectivity index (χ4n) is 2.87. The molecule has 0 aliphatic rings. The Hall–Kier alpha value is -2.82. The van der Waals surface area contributed by atoms with Crippen LogP contribution in [0.2, 0.25) is 0 Å². The molecular formula is C21H25NO4. The van der Waals surface area contributed by atoms with E-state index in [1.807, 2.05) is 61.5 Å². The van der Waals surface area contributed by atoms with Crippen molar-refractivity contribution in [2.75, 3.05) is 0 Å². The number of carboxylic acids is 1. The highest BCUT2D eigenvalue weighted by molar-refractivity contribution is 5.82. The van der Waals surface area contributed by atoms with Crippen LogP contribution in [0, 0.1) is 6.92 Å². The van der Waals surface area contributed by atoms with Crippen LogP contribution in [0.25, 0.3) is 0 Å². The number of benzene rings is 2. The number of aliphatic carboxylic acids is 1. The summed E-state index contributed by atoms with van der Waals surface area (Å²) in [4.78, 5) is 24.3. The predicted molar refractivity (Wildman–Crippen MR) is 100 cm³/mol. The highest BCUT2D eigenvalue weighted by Gasteiger charge is 2.34. The first-order valence-electron chi connectivity index (χ1n) is 8.52. The molecule has 0 aliphatic carbocycles. The van der Waals surface area contributed by atoms with Gasteiger partial charge in [-0.05, 0) is 44.4 Å². The number of hydrogen-bond donors (Lipinski definition) is 2. The standard InChI is InChI=1S/C21H25NO4/c1-14-10-8-9-13-16(14)17(15-11-6-5-7-12-15)18(19(23)24)22-20(25)26-21(2,3)4/h5-13,17-18H,1-4H3,(H,22,25)(H,23,24)/t17?,18-/m0/s1. The smallest absolute Gasteiger partial charge is 0.408 e. The first kappa shape index (κ1) is 19.5. The molecule has 2 aromatic carbocycles. The Kier molecular flexibility index (Phi) is 6.03. The molecule has 2 atom stereocenters. The van der Waals surface area contributed by atoms with Crippen LogP contribution >= 0.6 is 0 Å². The van der Waals surface area contributed by atoms with Gasteiger partial charge in [-0.2, -0.15) is 0 Å². The first-order valence-corrected chi connectivity index (χ1v) is 8.52. The van der Waals surface area contributed by atoms with E-state index in [-0.39, 0.29) is 0 Å². The number of alkyl carbamates (subject to hydrolysis) is 1. The van der Waals surface area contributed by atoms with Gasteiger partial charge in [0.1, 0.15) is 11.6 Å². The number of amides is 1. The predicted octanol–water partition coefficient (Wildman–Crippen LogP) is 4.10. The lowest BCUT2D eigenvalue weighted by atomic mass is 9.83. The molecule has 1 unspecified atom stereocenters. The van der Waals surface area contributed by atoms with Crippen molar-refractivity contribution in [1.29, 1.82) is 0 Å². The molecule has 0 heterocycles. The zero-order valence-electron chi connectivity index (χ0n) is 15.5. The molecule has 1 amide bonds. The zero-order valence-corrected chi connectivity index (χ0v) is 15.5. The SMILES string of the molecule is Cc1ccccc1C(c1ccccc1)[C@H](NC(=O)OC(C)(C)C)C(=O)O. The Morgan fingerprint density at radius 2 is 1.58 bits per heavy atom. The van der Waals surface area contributed by atoms with Gasteiger partial charge in [-0.25, -0.2) is 9.59 Å². The number of aryl methyl sites for hydroxylation is 1. The number of nitrogens with one attached hydrogen (secondary N) is 1. The van der Waals surface area contributed by atoms with Crippen LogP contribution in [0.4, 0.5) is 4.79 Å². The van der Waals surface area contributed by atoms with Crippen LogP contribution in [0.5, 0.6) is 0 Å². The first-order chi connectivity index (χ1) is 12.2. The van der Waals surface area contributed by atoms with Crippen molar-refractivity contribution in [2.24, 2.45) is 0 Å². The van der Waals surface area contributed by atoms with Gasteiger partial charge in [0.25, 0.3) is 0 Å². The Bertz CT molecular complexity index is 765. The molecule has 0 aliphatic heterocycles. The van der Waals surface area contributed by atoms with Crippen molar-refractivity contribution in [1.82, 2.24) is 5.32 Å². The van der Waals surface area contributed by atoms with Crippen molar-refractivity contribution < 1.29 is 19.4 Å². The van der Waals surface area contributed by atoms with Crippen molar-refractivity contribution in [2.45, 2.75) is 45.3 Å². The van der Waals surface area contributed by atoms with Gasteiger partial charge >= 0.3 is 12.1 Å². The quantitative estimate of drug-likeness (QED) is 0.846. The Morgan fingerprint density at radius 3 is 2.12 bits per heavy atom. The maximum Gasteiger partial charge on any atom is 0.408 e. The molecule has 2 aromatic rings. The summed E-state index contributed by atoms with van der Waals surface area (Å²) < 4.78 is 5.26. The van der Waals surface area contributed by atoms with E-state index in [2.05, 4.69) is 5.32 Å². The summed E-state index contributed by atoms with van der Waals surface area (Å²) in [6.07, 6.45) is -0.751. The molecule has 0 radical (unpaired) electrons. The number of carbonyl (C=O) groups is 2. The van der Waals surface area contributed by atoms with Crippen LogP contribution in [0.15, 0.2) is 54.6 Å². The molecule has 0 bridgehead atoms. The minimum absolute atomic E-state index is 0.539. The third-order valence-electron chi connectivity index (χ3n) is 3.95. The molecule has 0 saturated heterocycles. The fraction of sp³-hybridized carbons (Fsp3) is 0.333. The highest BCUT2D eigenvalue weighted by atomic mass is 16.6. The molecule has 2 N–H and O–H groups in total. The average Bonchev–Trinajstić information content (AvgIpc) is 2.55. The van der Waals surface area contributed by atoms with Gasteiger partial charge in [-0.3, -0.25) is 0 Å². The van der Waals surface area contributed by atoms with Gasteiger partial charge in [0.2, 0.25) is 0 Å². The topological polar surface area (TPSA) is 75.6 Å². The molecule has 0 spiro atoms. The molecule has 0 aromatic heterocycles. The number of hydrogen-bond acceptors (Lipinski definition) is 3. The van der Waals surface area contributed by atoms with Crippen molar-refractivity contribution in [3.63, 3.8) is 0 Å². The van der Waals surface area contributed by atoms with Crippen molar-refractivity contribution in [3.05, 3.63) is 71.3 Å². The van der Waals surface area contributed by atoms with Crippen LogP contribution in [-0.4, -0.2) is 28.8 Å². The second kappa shape index (κ2) is 8.04. The Labute approximate surface area is 154 Å². The summed E-state index contributed by atoms with van der Waals surface area (Å²) in [6, 6.07) is 15.7. The Balaban J connectivity index is 2.45. The van der Waals surface area contributed by atoms with E-state index in [9.17, 15) is 14.7 Å². The summed E-state index contributed by atoms with van der Waals surface area (Å²) in [7, 11) is 0. The molecule has 138 valence electrons. The summed E-state index contributed by atoms with van der Waals surface area (Å²) >= 11 is 0. The molecule has 0 fully saturated rings. The van der Waals surface area contributed by atoms with E-state index in [0.29, 0.717) is 0 Å². The van der Waals surface area contributed by atoms with Crippen LogP contribution in [0.3, 0.4) is 0 Å². The van der Waals surface area contributed by atoms with Gasteiger partial charge in [0.15, 0.2) is 0 Å².